The van der Waals surface area contributed by atoms with E-state index < -0.39 is 0 Å². The second-order valence-electron chi connectivity index (χ2n) is 5.95. The van der Waals surface area contributed by atoms with Gasteiger partial charge in [0.25, 0.3) is 0 Å². The number of rotatable bonds is 5. The third-order valence-corrected chi connectivity index (χ3v) is 3.67. The predicted octanol–water partition coefficient (Wildman–Crippen LogP) is 3.72. The molecule has 0 saturated heterocycles. The van der Waals surface area contributed by atoms with Crippen molar-refractivity contribution >= 4 is 18.3 Å². The highest BCUT2D eigenvalue weighted by atomic mass is 32.1. The Kier molecular flexibility index (Phi) is 5.39. The van der Waals surface area contributed by atoms with Gasteiger partial charge in [-0.25, -0.2) is 0 Å². The smallest absolute Gasteiger partial charge is 0.121 e. The number of thiol groups is 1. The molecule has 1 unspecified atom stereocenters. The lowest BCUT2D eigenvalue weighted by Crippen LogP contribution is -2.28. The summed E-state index contributed by atoms with van der Waals surface area (Å²) in [7, 11) is 4.07. The van der Waals surface area contributed by atoms with Crippen LogP contribution in [0.25, 0.3) is 0 Å². The molecule has 0 N–H and O–H groups in total. The second kappa shape index (κ2) is 6.37. The molecule has 0 aliphatic heterocycles. The topological polar surface area (TPSA) is 12.5 Å². The number of anilines is 1. The summed E-state index contributed by atoms with van der Waals surface area (Å²) in [5.74, 6) is 2.22. The Morgan fingerprint density at radius 3 is 2.44 bits per heavy atom. The molecule has 0 saturated carbocycles. The van der Waals surface area contributed by atoms with Gasteiger partial charge in [0.15, 0.2) is 0 Å². The molecule has 1 rings (SSSR count). The van der Waals surface area contributed by atoms with Crippen LogP contribution >= 0.6 is 12.6 Å². The van der Waals surface area contributed by atoms with Gasteiger partial charge in [-0.05, 0) is 23.3 Å². The molecule has 1 atom stereocenters. The Morgan fingerprint density at radius 2 is 1.94 bits per heavy atom. The Labute approximate surface area is 117 Å². The van der Waals surface area contributed by atoms with Gasteiger partial charge in [0.2, 0.25) is 0 Å². The zero-order valence-electron chi connectivity index (χ0n) is 12.1. The normalized spacial score (nSPS) is 13.2. The van der Waals surface area contributed by atoms with Crippen molar-refractivity contribution in [2.24, 2.45) is 11.3 Å². The first-order valence-corrected chi connectivity index (χ1v) is 6.99. The summed E-state index contributed by atoms with van der Waals surface area (Å²) in [6, 6.07) is 8.17. The van der Waals surface area contributed by atoms with Crippen LogP contribution in [0.4, 0.5) is 5.69 Å². The highest BCUT2D eigenvalue weighted by Gasteiger charge is 2.23. The maximum Gasteiger partial charge on any atom is 0.121 e. The number of hydrogen-bond acceptors (Lipinski definition) is 3. The van der Waals surface area contributed by atoms with E-state index in [1.165, 1.54) is 0 Å². The molecule has 2 nitrogen and oxygen atoms in total. The minimum absolute atomic E-state index is 0.223. The van der Waals surface area contributed by atoms with E-state index in [2.05, 4.69) is 50.4 Å². The molecule has 0 fully saturated rings. The van der Waals surface area contributed by atoms with Crippen LogP contribution in [0.15, 0.2) is 24.3 Å². The first kappa shape index (κ1) is 15.2. The van der Waals surface area contributed by atoms with Crippen LogP contribution in [-0.2, 0) is 0 Å². The largest absolute Gasteiger partial charge is 0.493 e. The first-order valence-electron chi connectivity index (χ1n) is 6.35. The summed E-state index contributed by atoms with van der Waals surface area (Å²) in [5.41, 5.74) is 1.38. The van der Waals surface area contributed by atoms with E-state index in [1.54, 1.807) is 0 Å². The van der Waals surface area contributed by atoms with Crippen LogP contribution in [-0.4, -0.2) is 26.5 Å². The van der Waals surface area contributed by atoms with E-state index >= 15 is 0 Å². The fourth-order valence-corrected chi connectivity index (χ4v) is 2.28. The summed E-state index contributed by atoms with van der Waals surface area (Å²) in [6.45, 7) is 7.40. The molecule has 0 amide bonds. The molecule has 0 aromatic heterocycles. The number of benzene rings is 1. The summed E-state index contributed by atoms with van der Waals surface area (Å²) in [4.78, 5) is 2.08. The van der Waals surface area contributed by atoms with Crippen LogP contribution in [0.2, 0.25) is 0 Å². The average Bonchev–Trinajstić information content (AvgIpc) is 2.28. The van der Waals surface area contributed by atoms with Gasteiger partial charge in [-0.15, -0.1) is 0 Å². The fraction of sp³-hybridized carbons (Fsp3) is 0.600. The minimum atomic E-state index is 0.223. The van der Waals surface area contributed by atoms with Gasteiger partial charge in [0.05, 0.1) is 6.61 Å². The molecule has 0 bridgehead atoms. The molecule has 0 radical (unpaired) electrons. The zero-order valence-corrected chi connectivity index (χ0v) is 13.0. The van der Waals surface area contributed by atoms with E-state index in [9.17, 15) is 0 Å². The van der Waals surface area contributed by atoms with E-state index in [-0.39, 0.29) is 5.41 Å². The van der Waals surface area contributed by atoms with Crippen LogP contribution in [0.5, 0.6) is 5.75 Å². The standard InChI is InChI=1S/C15H25NOS/c1-15(2,3)12(11-18)10-17-14-8-6-7-13(9-14)16(4)5/h6-9,12,18H,10-11H2,1-5H3. The lowest BCUT2D eigenvalue weighted by Gasteiger charge is -2.29. The maximum absolute atomic E-state index is 5.90. The maximum atomic E-state index is 5.90. The monoisotopic (exact) mass is 267 g/mol. The van der Waals surface area contributed by atoms with Crippen LogP contribution in [0, 0.1) is 11.3 Å². The third kappa shape index (κ3) is 4.45. The molecule has 0 spiro atoms. The number of hydrogen-bond donors (Lipinski definition) is 1. The van der Waals surface area contributed by atoms with Crippen molar-refractivity contribution in [1.82, 2.24) is 0 Å². The lowest BCUT2D eigenvalue weighted by molar-refractivity contribution is 0.165. The van der Waals surface area contributed by atoms with Crippen molar-refractivity contribution in [3.63, 3.8) is 0 Å². The van der Waals surface area contributed by atoms with E-state index in [0.717, 1.165) is 17.2 Å². The summed E-state index contributed by atoms with van der Waals surface area (Å²) in [5, 5.41) is 0. The molecule has 0 aliphatic carbocycles. The van der Waals surface area contributed by atoms with Crippen molar-refractivity contribution < 1.29 is 4.74 Å². The number of ether oxygens (including phenoxy) is 1. The molecular formula is C15H25NOS. The molecule has 0 heterocycles. The Morgan fingerprint density at radius 1 is 1.28 bits per heavy atom. The zero-order chi connectivity index (χ0) is 13.8. The van der Waals surface area contributed by atoms with Gasteiger partial charge in [-0.2, -0.15) is 12.6 Å². The third-order valence-electron chi connectivity index (χ3n) is 3.23. The van der Waals surface area contributed by atoms with Crippen molar-refractivity contribution in [2.75, 3.05) is 31.4 Å². The molecule has 18 heavy (non-hydrogen) atoms. The lowest BCUT2D eigenvalue weighted by atomic mass is 9.82. The summed E-state index contributed by atoms with van der Waals surface area (Å²) >= 11 is 4.42. The van der Waals surface area contributed by atoms with Gasteiger partial charge in [-0.1, -0.05) is 26.8 Å². The van der Waals surface area contributed by atoms with Crippen LogP contribution in [0.3, 0.4) is 0 Å². The van der Waals surface area contributed by atoms with Gasteiger partial charge >= 0.3 is 0 Å². The first-order chi connectivity index (χ1) is 8.34. The van der Waals surface area contributed by atoms with Gasteiger partial charge in [-0.3, -0.25) is 0 Å². The van der Waals surface area contributed by atoms with Crippen molar-refractivity contribution in [1.29, 1.82) is 0 Å². The molecule has 102 valence electrons. The molecule has 1 aromatic rings. The highest BCUT2D eigenvalue weighted by molar-refractivity contribution is 7.80. The van der Waals surface area contributed by atoms with E-state index in [4.69, 9.17) is 4.74 Å². The Balaban J connectivity index is 2.65. The van der Waals surface area contributed by atoms with Gasteiger partial charge in [0.1, 0.15) is 5.75 Å². The fourth-order valence-electron chi connectivity index (χ4n) is 1.62. The molecule has 1 aromatic carbocycles. The SMILES string of the molecule is CN(C)c1cccc(OCC(CS)C(C)(C)C)c1. The molecular weight excluding hydrogens is 242 g/mol. The van der Waals surface area contributed by atoms with E-state index in [0.29, 0.717) is 12.5 Å². The minimum Gasteiger partial charge on any atom is -0.493 e. The second-order valence-corrected chi connectivity index (χ2v) is 6.31. The predicted molar refractivity (Wildman–Crippen MR) is 83.1 cm³/mol. The Hall–Kier alpha value is -0.830. The van der Waals surface area contributed by atoms with Crippen LogP contribution in [0.1, 0.15) is 20.8 Å². The van der Waals surface area contributed by atoms with Crippen molar-refractivity contribution in [3.8, 4) is 5.75 Å². The van der Waals surface area contributed by atoms with Gasteiger partial charge in [0, 0.05) is 31.8 Å². The number of nitrogens with zero attached hydrogens (tertiary/aromatic N) is 1. The average molecular weight is 267 g/mol. The quantitative estimate of drug-likeness (QED) is 0.816. The van der Waals surface area contributed by atoms with Crippen molar-refractivity contribution in [3.05, 3.63) is 24.3 Å². The highest BCUT2D eigenvalue weighted by Crippen LogP contribution is 2.28. The molecule has 3 heteroatoms. The summed E-state index contributed by atoms with van der Waals surface area (Å²) < 4.78 is 5.90. The van der Waals surface area contributed by atoms with Crippen molar-refractivity contribution in [2.45, 2.75) is 20.8 Å². The Bertz CT molecular complexity index is 371. The van der Waals surface area contributed by atoms with Gasteiger partial charge < -0.3 is 9.64 Å². The van der Waals surface area contributed by atoms with E-state index in [1.807, 2.05) is 26.2 Å². The summed E-state index contributed by atoms with van der Waals surface area (Å²) in [6.07, 6.45) is 0. The molecule has 0 aliphatic rings. The van der Waals surface area contributed by atoms with Crippen LogP contribution < -0.4 is 9.64 Å².